The second-order valence-electron chi connectivity index (χ2n) is 4.39. The van der Waals surface area contributed by atoms with E-state index < -0.39 is 0 Å². The minimum absolute atomic E-state index is 0. The molecule has 19 heavy (non-hydrogen) atoms. The number of hydrogen-bond donors (Lipinski definition) is 1. The van der Waals surface area contributed by atoms with Gasteiger partial charge in [0.25, 0.3) is 5.91 Å². The summed E-state index contributed by atoms with van der Waals surface area (Å²) in [6.45, 7) is 4.23. The highest BCUT2D eigenvalue weighted by Crippen LogP contribution is 2.12. The van der Waals surface area contributed by atoms with Gasteiger partial charge in [-0.3, -0.25) is 4.79 Å². The van der Waals surface area contributed by atoms with E-state index in [0.717, 1.165) is 13.1 Å². The van der Waals surface area contributed by atoms with Gasteiger partial charge in [-0.15, -0.1) is 12.4 Å². The summed E-state index contributed by atoms with van der Waals surface area (Å²) >= 11 is 0. The maximum atomic E-state index is 12.9. The lowest BCUT2D eigenvalue weighted by Crippen LogP contribution is -2.53. The molecule has 0 radical (unpaired) electrons. The van der Waals surface area contributed by atoms with Crippen LogP contribution in [0.25, 0.3) is 0 Å². The zero-order valence-corrected chi connectivity index (χ0v) is 11.6. The standard InChI is InChI=1S/C13H17FN2O2.ClH/c1-10-8-15-5-6-16(10)13(17)9-18-12-4-2-3-11(14)7-12;/h2-4,7,10,15H,5-6,8-9H2,1H3;1H/t10-;/m0./s1. The molecule has 1 atom stereocenters. The largest absolute Gasteiger partial charge is 0.484 e. The number of amides is 1. The smallest absolute Gasteiger partial charge is 0.260 e. The van der Waals surface area contributed by atoms with Gasteiger partial charge in [0.05, 0.1) is 0 Å². The molecular formula is C13H18ClFN2O2. The Morgan fingerprint density at radius 2 is 2.37 bits per heavy atom. The number of benzene rings is 1. The Bertz CT molecular complexity index is 431. The molecule has 1 N–H and O–H groups in total. The summed E-state index contributed by atoms with van der Waals surface area (Å²) in [5.74, 6) is -0.0464. The molecule has 1 aromatic carbocycles. The topological polar surface area (TPSA) is 41.6 Å². The van der Waals surface area contributed by atoms with Gasteiger partial charge in [-0.2, -0.15) is 0 Å². The van der Waals surface area contributed by atoms with Crippen molar-refractivity contribution in [3.05, 3.63) is 30.1 Å². The lowest BCUT2D eigenvalue weighted by molar-refractivity contribution is -0.136. The lowest BCUT2D eigenvalue weighted by atomic mass is 10.2. The molecule has 6 heteroatoms. The van der Waals surface area contributed by atoms with Crippen LogP contribution in [0.5, 0.6) is 5.75 Å². The van der Waals surface area contributed by atoms with Crippen molar-refractivity contribution >= 4 is 18.3 Å². The van der Waals surface area contributed by atoms with Crippen LogP contribution in [0.4, 0.5) is 4.39 Å². The van der Waals surface area contributed by atoms with Crippen molar-refractivity contribution in [1.82, 2.24) is 10.2 Å². The summed E-state index contributed by atoms with van der Waals surface area (Å²) in [6, 6.07) is 5.98. The summed E-state index contributed by atoms with van der Waals surface area (Å²) in [4.78, 5) is 13.7. The van der Waals surface area contributed by atoms with Gasteiger partial charge in [0.1, 0.15) is 11.6 Å². The maximum absolute atomic E-state index is 12.9. The molecule has 2 rings (SSSR count). The van der Waals surface area contributed by atoms with Gasteiger partial charge in [0.15, 0.2) is 6.61 Å². The van der Waals surface area contributed by atoms with Crippen molar-refractivity contribution in [1.29, 1.82) is 0 Å². The molecule has 0 bridgehead atoms. The van der Waals surface area contributed by atoms with E-state index in [0.29, 0.717) is 12.3 Å². The Morgan fingerprint density at radius 3 is 3.05 bits per heavy atom. The van der Waals surface area contributed by atoms with Crippen LogP contribution in [0.3, 0.4) is 0 Å². The van der Waals surface area contributed by atoms with Gasteiger partial charge >= 0.3 is 0 Å². The Morgan fingerprint density at radius 1 is 1.58 bits per heavy atom. The van der Waals surface area contributed by atoms with Crippen molar-refractivity contribution in [3.63, 3.8) is 0 Å². The van der Waals surface area contributed by atoms with E-state index in [-0.39, 0.29) is 36.8 Å². The number of hydrogen-bond acceptors (Lipinski definition) is 3. The molecule has 1 saturated heterocycles. The molecule has 4 nitrogen and oxygen atoms in total. The molecule has 0 saturated carbocycles. The minimum Gasteiger partial charge on any atom is -0.484 e. The molecule has 0 spiro atoms. The first-order valence-corrected chi connectivity index (χ1v) is 6.05. The third-order valence-electron chi connectivity index (χ3n) is 2.98. The molecule has 1 aliphatic heterocycles. The number of carbonyl (C=O) groups excluding carboxylic acids is 1. The zero-order chi connectivity index (χ0) is 13.0. The summed E-state index contributed by atoms with van der Waals surface area (Å²) < 4.78 is 18.2. The van der Waals surface area contributed by atoms with Crippen LogP contribution in [-0.2, 0) is 4.79 Å². The first kappa shape index (κ1) is 15.7. The lowest BCUT2D eigenvalue weighted by Gasteiger charge is -2.33. The quantitative estimate of drug-likeness (QED) is 0.915. The highest BCUT2D eigenvalue weighted by molar-refractivity contribution is 5.85. The average Bonchev–Trinajstić information content (AvgIpc) is 2.37. The predicted molar refractivity (Wildman–Crippen MR) is 73.2 cm³/mol. The van der Waals surface area contributed by atoms with Crippen LogP contribution in [0.2, 0.25) is 0 Å². The average molecular weight is 289 g/mol. The summed E-state index contributed by atoms with van der Waals surface area (Å²) in [7, 11) is 0. The maximum Gasteiger partial charge on any atom is 0.260 e. The molecular weight excluding hydrogens is 271 g/mol. The fraction of sp³-hybridized carbons (Fsp3) is 0.462. The van der Waals surface area contributed by atoms with Crippen LogP contribution in [0.15, 0.2) is 24.3 Å². The third kappa shape index (κ3) is 4.36. The zero-order valence-electron chi connectivity index (χ0n) is 10.8. The van der Waals surface area contributed by atoms with Crippen molar-refractivity contribution in [3.8, 4) is 5.75 Å². The highest BCUT2D eigenvalue weighted by atomic mass is 35.5. The molecule has 0 unspecified atom stereocenters. The number of rotatable bonds is 3. The summed E-state index contributed by atoms with van der Waals surface area (Å²) in [5.41, 5.74) is 0. The van der Waals surface area contributed by atoms with E-state index in [1.165, 1.54) is 12.1 Å². The van der Waals surface area contributed by atoms with Gasteiger partial charge in [-0.25, -0.2) is 4.39 Å². The predicted octanol–water partition coefficient (Wildman–Crippen LogP) is 1.45. The molecule has 0 aliphatic carbocycles. The van der Waals surface area contributed by atoms with E-state index in [4.69, 9.17) is 4.74 Å². The first-order chi connectivity index (χ1) is 8.66. The van der Waals surface area contributed by atoms with Gasteiger partial charge in [-0.05, 0) is 19.1 Å². The number of halogens is 2. The van der Waals surface area contributed by atoms with E-state index in [1.807, 2.05) is 6.92 Å². The molecule has 1 fully saturated rings. The number of nitrogens with one attached hydrogen (secondary N) is 1. The second kappa shape index (κ2) is 7.31. The van der Waals surface area contributed by atoms with E-state index in [2.05, 4.69) is 5.32 Å². The van der Waals surface area contributed by atoms with E-state index in [1.54, 1.807) is 17.0 Å². The highest BCUT2D eigenvalue weighted by Gasteiger charge is 2.22. The van der Waals surface area contributed by atoms with Gasteiger partial charge in [-0.1, -0.05) is 6.07 Å². The van der Waals surface area contributed by atoms with Gasteiger partial charge in [0.2, 0.25) is 0 Å². The Kier molecular flexibility index (Phi) is 6.05. The Hall–Kier alpha value is -1.33. The minimum atomic E-state index is -0.365. The fourth-order valence-corrected chi connectivity index (χ4v) is 2.00. The third-order valence-corrected chi connectivity index (χ3v) is 2.98. The van der Waals surface area contributed by atoms with Crippen molar-refractivity contribution < 1.29 is 13.9 Å². The number of carbonyl (C=O) groups is 1. The SMILES string of the molecule is C[C@H]1CNCCN1C(=O)COc1cccc(F)c1.Cl. The first-order valence-electron chi connectivity index (χ1n) is 6.05. The number of nitrogens with zero attached hydrogens (tertiary/aromatic N) is 1. The number of ether oxygens (including phenoxy) is 1. The second-order valence-corrected chi connectivity index (χ2v) is 4.39. The molecule has 1 aromatic rings. The summed E-state index contributed by atoms with van der Waals surface area (Å²) in [5, 5.41) is 3.22. The van der Waals surface area contributed by atoms with Crippen LogP contribution in [-0.4, -0.2) is 43.1 Å². The fourth-order valence-electron chi connectivity index (χ4n) is 2.00. The van der Waals surface area contributed by atoms with Crippen LogP contribution in [0.1, 0.15) is 6.92 Å². The van der Waals surface area contributed by atoms with E-state index in [9.17, 15) is 9.18 Å². The van der Waals surface area contributed by atoms with Crippen LogP contribution >= 0.6 is 12.4 Å². The summed E-state index contributed by atoms with van der Waals surface area (Å²) in [6.07, 6.45) is 0. The van der Waals surface area contributed by atoms with Gasteiger partial charge in [0, 0.05) is 31.7 Å². The molecule has 106 valence electrons. The van der Waals surface area contributed by atoms with Crippen LogP contribution < -0.4 is 10.1 Å². The van der Waals surface area contributed by atoms with Crippen LogP contribution in [0, 0.1) is 5.82 Å². The molecule has 1 amide bonds. The van der Waals surface area contributed by atoms with Crippen molar-refractivity contribution in [2.24, 2.45) is 0 Å². The molecule has 1 aliphatic rings. The van der Waals surface area contributed by atoms with E-state index >= 15 is 0 Å². The normalized spacial score (nSPS) is 18.6. The van der Waals surface area contributed by atoms with Crippen molar-refractivity contribution in [2.45, 2.75) is 13.0 Å². The van der Waals surface area contributed by atoms with Crippen molar-refractivity contribution in [2.75, 3.05) is 26.2 Å². The monoisotopic (exact) mass is 288 g/mol. The Labute approximate surface area is 118 Å². The molecule has 1 heterocycles. The number of piperazine rings is 1. The Balaban J connectivity index is 0.00000180. The molecule has 0 aromatic heterocycles. The van der Waals surface area contributed by atoms with Gasteiger partial charge < -0.3 is 15.0 Å².